The van der Waals surface area contributed by atoms with Crippen LogP contribution in [0.3, 0.4) is 0 Å². The maximum absolute atomic E-state index is 13.6. The van der Waals surface area contributed by atoms with Gasteiger partial charge in [-0.3, -0.25) is 14.2 Å². The lowest BCUT2D eigenvalue weighted by Crippen LogP contribution is -2.42. The van der Waals surface area contributed by atoms with E-state index in [0.717, 1.165) is 36.1 Å². The number of para-hydroxylation sites is 1. The van der Waals surface area contributed by atoms with Crippen LogP contribution < -0.4 is 5.56 Å². The molecule has 1 aliphatic carbocycles. The first-order valence-electron chi connectivity index (χ1n) is 10.8. The number of nitrogens with zero attached hydrogens (tertiary/aromatic N) is 3. The highest BCUT2D eigenvalue weighted by Crippen LogP contribution is 2.32. The van der Waals surface area contributed by atoms with Gasteiger partial charge in [0.05, 0.1) is 22.6 Å². The number of benzene rings is 2. The van der Waals surface area contributed by atoms with E-state index in [1.807, 2.05) is 75.1 Å². The number of fused-ring (bicyclic) bond motifs is 1. The molecule has 0 aliphatic heterocycles. The molecular formula is C25H29N3O2. The number of amides is 1. The fourth-order valence-electron chi connectivity index (χ4n) is 4.27. The summed E-state index contributed by atoms with van der Waals surface area (Å²) in [5, 5.41) is 0.586. The minimum Gasteiger partial charge on any atom is -0.333 e. The number of carbonyl (C=O) groups excluding carboxylic acids is 1. The van der Waals surface area contributed by atoms with Gasteiger partial charge in [-0.25, -0.2) is 4.98 Å². The predicted molar refractivity (Wildman–Crippen MR) is 120 cm³/mol. The van der Waals surface area contributed by atoms with Gasteiger partial charge >= 0.3 is 0 Å². The Hall–Kier alpha value is -2.95. The molecule has 1 heterocycles. The van der Waals surface area contributed by atoms with Crippen molar-refractivity contribution in [2.75, 3.05) is 6.54 Å². The monoisotopic (exact) mass is 403 g/mol. The van der Waals surface area contributed by atoms with E-state index < -0.39 is 0 Å². The highest BCUT2D eigenvalue weighted by atomic mass is 16.2. The second-order valence-corrected chi connectivity index (χ2v) is 8.35. The van der Waals surface area contributed by atoms with Crippen LogP contribution in [0.1, 0.15) is 56.1 Å². The van der Waals surface area contributed by atoms with E-state index in [2.05, 4.69) is 0 Å². The summed E-state index contributed by atoms with van der Waals surface area (Å²) in [7, 11) is 0. The second-order valence-electron chi connectivity index (χ2n) is 8.35. The summed E-state index contributed by atoms with van der Waals surface area (Å²) in [5.41, 5.74) is 3.47. The number of hydrogen-bond acceptors (Lipinski definition) is 3. The van der Waals surface area contributed by atoms with Gasteiger partial charge < -0.3 is 4.90 Å². The molecule has 0 spiro atoms. The third kappa shape index (κ3) is 3.42. The van der Waals surface area contributed by atoms with Crippen LogP contribution in [0.25, 0.3) is 16.6 Å². The fourth-order valence-corrected chi connectivity index (χ4v) is 4.27. The molecule has 1 unspecified atom stereocenters. The van der Waals surface area contributed by atoms with E-state index >= 15 is 0 Å². The van der Waals surface area contributed by atoms with E-state index in [0.29, 0.717) is 23.3 Å². The van der Waals surface area contributed by atoms with E-state index in [-0.39, 0.29) is 23.4 Å². The molecular weight excluding hydrogens is 374 g/mol. The normalized spacial score (nSPS) is 15.1. The predicted octanol–water partition coefficient (Wildman–Crippen LogP) is 4.71. The van der Waals surface area contributed by atoms with Gasteiger partial charge in [0.25, 0.3) is 5.56 Å². The molecule has 0 radical (unpaired) electrons. The van der Waals surface area contributed by atoms with Crippen molar-refractivity contribution in [2.24, 2.45) is 5.92 Å². The lowest BCUT2D eigenvalue weighted by Gasteiger charge is -2.35. The molecule has 3 aromatic rings. The molecule has 0 N–H and O–H groups in total. The van der Waals surface area contributed by atoms with Crippen LogP contribution >= 0.6 is 0 Å². The van der Waals surface area contributed by atoms with Gasteiger partial charge in [0.2, 0.25) is 5.91 Å². The number of rotatable bonds is 5. The number of hydrogen-bond donors (Lipinski definition) is 0. The molecule has 1 saturated carbocycles. The number of aryl methyl sites for hydroxylation is 2. The summed E-state index contributed by atoms with van der Waals surface area (Å²) >= 11 is 0. The first-order valence-corrected chi connectivity index (χ1v) is 10.8. The van der Waals surface area contributed by atoms with Crippen molar-refractivity contribution in [3.8, 4) is 5.69 Å². The molecule has 1 aliphatic rings. The van der Waals surface area contributed by atoms with Crippen molar-refractivity contribution in [3.05, 3.63) is 69.8 Å². The lowest BCUT2D eigenvalue weighted by molar-refractivity contribution is -0.140. The average molecular weight is 404 g/mol. The summed E-state index contributed by atoms with van der Waals surface area (Å²) in [5.74, 6) is 0.891. The summed E-state index contributed by atoms with van der Waals surface area (Å²) in [6.45, 7) is 8.59. The minimum atomic E-state index is -0.305. The Bertz CT molecular complexity index is 1160. The van der Waals surface area contributed by atoms with Gasteiger partial charge in [0, 0.05) is 12.5 Å². The van der Waals surface area contributed by atoms with Gasteiger partial charge in [-0.2, -0.15) is 0 Å². The topological polar surface area (TPSA) is 55.2 Å². The minimum absolute atomic E-state index is 0.0942. The van der Waals surface area contributed by atoms with Gasteiger partial charge in [-0.1, -0.05) is 30.7 Å². The van der Waals surface area contributed by atoms with E-state index in [9.17, 15) is 9.59 Å². The molecule has 4 rings (SSSR count). The maximum Gasteiger partial charge on any atom is 0.266 e. The molecule has 5 heteroatoms. The summed E-state index contributed by atoms with van der Waals surface area (Å²) in [4.78, 5) is 33.5. The Labute approximate surface area is 177 Å². The van der Waals surface area contributed by atoms with Crippen molar-refractivity contribution < 1.29 is 4.79 Å². The zero-order chi connectivity index (χ0) is 21.4. The second kappa shape index (κ2) is 8.05. The molecule has 5 nitrogen and oxygen atoms in total. The Morgan fingerprint density at radius 3 is 2.60 bits per heavy atom. The molecule has 0 bridgehead atoms. The van der Waals surface area contributed by atoms with E-state index in [4.69, 9.17) is 4.98 Å². The summed E-state index contributed by atoms with van der Waals surface area (Å²) in [6.07, 6.45) is 3.03. The molecule has 156 valence electrons. The van der Waals surface area contributed by atoms with Crippen molar-refractivity contribution in [2.45, 2.75) is 53.0 Å². The quantitative estimate of drug-likeness (QED) is 0.620. The zero-order valence-corrected chi connectivity index (χ0v) is 18.2. The first kappa shape index (κ1) is 20.3. The SMILES string of the molecule is CCN(C(=O)C1CCC1)C(C)c1nc2ccccc2c(=O)n1-c1cc(C)ccc1C. The van der Waals surface area contributed by atoms with Crippen LogP contribution in [0.4, 0.5) is 0 Å². The Morgan fingerprint density at radius 1 is 1.20 bits per heavy atom. The van der Waals surface area contributed by atoms with Gasteiger partial charge in [0.15, 0.2) is 0 Å². The molecule has 1 atom stereocenters. The van der Waals surface area contributed by atoms with Crippen LogP contribution in [0.5, 0.6) is 0 Å². The van der Waals surface area contributed by atoms with Crippen LogP contribution in [-0.2, 0) is 4.79 Å². The fraction of sp³-hybridized carbons (Fsp3) is 0.400. The number of carbonyl (C=O) groups is 1. The largest absolute Gasteiger partial charge is 0.333 e. The van der Waals surface area contributed by atoms with Gasteiger partial charge in [-0.05, 0) is 69.9 Å². The van der Waals surface area contributed by atoms with Crippen molar-refractivity contribution in [3.63, 3.8) is 0 Å². The third-order valence-corrected chi connectivity index (χ3v) is 6.33. The Kier molecular flexibility index (Phi) is 5.46. The van der Waals surface area contributed by atoms with Crippen molar-refractivity contribution >= 4 is 16.8 Å². The maximum atomic E-state index is 13.6. The van der Waals surface area contributed by atoms with Crippen LogP contribution in [0.15, 0.2) is 47.3 Å². The average Bonchev–Trinajstić information content (AvgIpc) is 2.69. The summed E-state index contributed by atoms with van der Waals surface area (Å²) < 4.78 is 1.71. The molecule has 1 aromatic heterocycles. The van der Waals surface area contributed by atoms with E-state index in [1.165, 1.54) is 0 Å². The van der Waals surface area contributed by atoms with Crippen LogP contribution in [0.2, 0.25) is 0 Å². The molecule has 2 aromatic carbocycles. The highest BCUT2D eigenvalue weighted by Gasteiger charge is 2.33. The van der Waals surface area contributed by atoms with Crippen molar-refractivity contribution in [1.82, 2.24) is 14.5 Å². The highest BCUT2D eigenvalue weighted by molar-refractivity contribution is 5.80. The van der Waals surface area contributed by atoms with Crippen LogP contribution in [-0.4, -0.2) is 26.9 Å². The molecule has 1 amide bonds. The Balaban J connectivity index is 1.94. The number of aromatic nitrogens is 2. The van der Waals surface area contributed by atoms with Crippen molar-refractivity contribution in [1.29, 1.82) is 0 Å². The standard InChI is InChI=1S/C25H29N3O2/c1-5-27(24(29)19-9-8-10-19)18(4)23-26-21-12-7-6-11-20(21)25(30)28(23)22-15-16(2)13-14-17(22)3/h6-7,11-15,18-19H,5,8-10H2,1-4H3. The van der Waals surface area contributed by atoms with Crippen LogP contribution in [0, 0.1) is 19.8 Å². The van der Waals surface area contributed by atoms with Gasteiger partial charge in [0.1, 0.15) is 5.82 Å². The summed E-state index contributed by atoms with van der Waals surface area (Å²) in [6, 6.07) is 13.2. The van der Waals surface area contributed by atoms with Gasteiger partial charge in [-0.15, -0.1) is 0 Å². The lowest BCUT2D eigenvalue weighted by atomic mass is 9.84. The third-order valence-electron chi connectivity index (χ3n) is 6.33. The molecule has 0 saturated heterocycles. The Morgan fingerprint density at radius 2 is 1.93 bits per heavy atom. The molecule has 1 fully saturated rings. The first-order chi connectivity index (χ1) is 14.4. The molecule has 30 heavy (non-hydrogen) atoms. The zero-order valence-electron chi connectivity index (χ0n) is 18.2. The van der Waals surface area contributed by atoms with E-state index in [1.54, 1.807) is 4.57 Å². The smallest absolute Gasteiger partial charge is 0.266 e.